The van der Waals surface area contributed by atoms with Crippen LogP contribution in [-0.4, -0.2) is 63.0 Å². The van der Waals surface area contributed by atoms with Crippen molar-refractivity contribution in [2.75, 3.05) is 18.7 Å². The molecule has 12 heteroatoms. The van der Waals surface area contributed by atoms with E-state index in [0.29, 0.717) is 23.5 Å². The lowest BCUT2D eigenvalue weighted by Gasteiger charge is -2.24. The first kappa shape index (κ1) is 22.0. The second-order valence-electron chi connectivity index (χ2n) is 9.02. The average Bonchev–Trinajstić information content (AvgIpc) is 3.58. The normalized spacial score (nSPS) is 26.1. The summed E-state index contributed by atoms with van der Waals surface area (Å²) >= 11 is 0. The van der Waals surface area contributed by atoms with E-state index in [2.05, 4.69) is 20.3 Å². The number of hydrogen-bond donors (Lipinski definition) is 1. The van der Waals surface area contributed by atoms with Gasteiger partial charge in [0.05, 0.1) is 6.33 Å². The van der Waals surface area contributed by atoms with Gasteiger partial charge in [0.25, 0.3) is 0 Å². The summed E-state index contributed by atoms with van der Waals surface area (Å²) in [5.74, 6) is 0.862. The van der Waals surface area contributed by atoms with E-state index in [1.807, 2.05) is 32.0 Å². The molecule has 2 saturated heterocycles. The number of nitrogens with zero attached hydrogens (tertiary/aromatic N) is 4. The molecule has 0 amide bonds. The molecule has 3 aliphatic rings. The van der Waals surface area contributed by atoms with E-state index in [0.717, 1.165) is 17.1 Å². The number of carbonyl (C=O) groups excluding carboxylic acids is 1. The molecule has 2 fully saturated rings. The summed E-state index contributed by atoms with van der Waals surface area (Å²) < 4.78 is 36.3. The standard InChI is InChI=1S/C23H25N5O7/c1-12(29)30-8-16-18-19(35-23(2,3)34-18)22(33-16)28-10-27-17-20(25-9-26-21(17)28)24-7-13-4-5-14-15(6-13)32-11-31-14/h4-6,9-10,16,18-19,22H,7-8,11H2,1-3H3,(H,24,25,26)/t16-,18+,19?,22-/m1/s1. The third-order valence-corrected chi connectivity index (χ3v) is 6.11. The van der Waals surface area contributed by atoms with Gasteiger partial charge in [-0.3, -0.25) is 9.36 Å². The highest BCUT2D eigenvalue weighted by atomic mass is 16.8. The van der Waals surface area contributed by atoms with Crippen LogP contribution in [0, 0.1) is 0 Å². The third kappa shape index (κ3) is 4.03. The number of benzene rings is 1. The molecule has 5 heterocycles. The van der Waals surface area contributed by atoms with Gasteiger partial charge < -0.3 is 33.7 Å². The monoisotopic (exact) mass is 483 g/mol. The van der Waals surface area contributed by atoms with Crippen LogP contribution in [0.15, 0.2) is 30.9 Å². The Bertz CT molecular complexity index is 1280. The molecule has 184 valence electrons. The SMILES string of the molecule is CC(=O)OC[C@H]1O[C@@H](n2cnc3c(NCc4ccc5c(c4)OCO5)ncnc32)C2OC(C)(C)O[C@H]21. The van der Waals surface area contributed by atoms with Crippen LogP contribution in [0.5, 0.6) is 11.5 Å². The van der Waals surface area contributed by atoms with E-state index >= 15 is 0 Å². The zero-order valence-electron chi connectivity index (χ0n) is 19.5. The molecule has 35 heavy (non-hydrogen) atoms. The van der Waals surface area contributed by atoms with Gasteiger partial charge >= 0.3 is 5.97 Å². The van der Waals surface area contributed by atoms with Gasteiger partial charge in [-0.15, -0.1) is 0 Å². The molecule has 2 aromatic heterocycles. The van der Waals surface area contributed by atoms with Crippen LogP contribution < -0.4 is 14.8 Å². The molecule has 4 atom stereocenters. The molecule has 12 nitrogen and oxygen atoms in total. The molecule has 1 aromatic carbocycles. The number of imidazole rings is 1. The van der Waals surface area contributed by atoms with E-state index < -0.39 is 30.3 Å². The number of anilines is 1. The molecule has 0 radical (unpaired) electrons. The predicted octanol–water partition coefficient (Wildman–Crippen LogP) is 2.15. The van der Waals surface area contributed by atoms with Gasteiger partial charge in [0, 0.05) is 13.5 Å². The fourth-order valence-corrected chi connectivity index (χ4v) is 4.62. The number of nitrogens with one attached hydrogen (secondary N) is 1. The Balaban J connectivity index is 1.25. The van der Waals surface area contributed by atoms with Crippen molar-refractivity contribution in [1.82, 2.24) is 19.5 Å². The Kier molecular flexibility index (Phi) is 5.24. The summed E-state index contributed by atoms with van der Waals surface area (Å²) in [6, 6.07) is 5.78. The molecule has 0 bridgehead atoms. The van der Waals surface area contributed by atoms with Crippen LogP contribution >= 0.6 is 0 Å². The molecule has 6 rings (SSSR count). The van der Waals surface area contributed by atoms with Gasteiger partial charge in [-0.1, -0.05) is 6.07 Å². The van der Waals surface area contributed by atoms with Crippen LogP contribution in [0.25, 0.3) is 11.2 Å². The zero-order valence-corrected chi connectivity index (χ0v) is 19.5. The summed E-state index contributed by atoms with van der Waals surface area (Å²) in [7, 11) is 0. The number of aromatic nitrogens is 4. The summed E-state index contributed by atoms with van der Waals surface area (Å²) in [6.45, 7) is 5.86. The van der Waals surface area contributed by atoms with Gasteiger partial charge in [-0.05, 0) is 31.5 Å². The largest absolute Gasteiger partial charge is 0.463 e. The van der Waals surface area contributed by atoms with E-state index in [-0.39, 0.29) is 19.4 Å². The molecule has 0 spiro atoms. The molecule has 3 aliphatic heterocycles. The Morgan fingerprint density at radius 2 is 2.00 bits per heavy atom. The maximum absolute atomic E-state index is 11.4. The van der Waals surface area contributed by atoms with Crippen molar-refractivity contribution in [3.8, 4) is 11.5 Å². The van der Waals surface area contributed by atoms with Crippen molar-refractivity contribution >= 4 is 23.0 Å². The number of carbonyl (C=O) groups is 1. The molecular weight excluding hydrogens is 458 g/mol. The lowest BCUT2D eigenvalue weighted by atomic mass is 10.1. The fraction of sp³-hybridized carbons (Fsp3) is 0.478. The van der Waals surface area contributed by atoms with Gasteiger partial charge in [-0.25, -0.2) is 15.0 Å². The first-order chi connectivity index (χ1) is 16.9. The number of hydrogen-bond acceptors (Lipinski definition) is 11. The van der Waals surface area contributed by atoms with Crippen LogP contribution in [0.3, 0.4) is 0 Å². The van der Waals surface area contributed by atoms with E-state index in [1.165, 1.54) is 13.3 Å². The minimum atomic E-state index is -0.797. The number of esters is 1. The van der Waals surface area contributed by atoms with Crippen LogP contribution in [0.4, 0.5) is 5.82 Å². The number of rotatable bonds is 6. The van der Waals surface area contributed by atoms with Crippen LogP contribution in [0.2, 0.25) is 0 Å². The number of ether oxygens (including phenoxy) is 6. The molecule has 1 unspecified atom stereocenters. The summed E-state index contributed by atoms with van der Waals surface area (Å²) in [4.78, 5) is 24.7. The van der Waals surface area contributed by atoms with Crippen LogP contribution in [0.1, 0.15) is 32.6 Å². The quantitative estimate of drug-likeness (QED) is 0.518. The van der Waals surface area contributed by atoms with Gasteiger partial charge in [0.2, 0.25) is 6.79 Å². The Labute approximate surface area is 200 Å². The summed E-state index contributed by atoms with van der Waals surface area (Å²) in [6.07, 6.45) is 1.24. The molecule has 1 N–H and O–H groups in total. The summed E-state index contributed by atoms with van der Waals surface area (Å²) in [5.41, 5.74) is 2.18. The Morgan fingerprint density at radius 3 is 2.86 bits per heavy atom. The van der Waals surface area contributed by atoms with Crippen LogP contribution in [-0.2, 0) is 30.3 Å². The van der Waals surface area contributed by atoms with Gasteiger partial charge in [0.1, 0.15) is 31.2 Å². The topological polar surface area (TPSA) is 128 Å². The maximum atomic E-state index is 11.4. The van der Waals surface area contributed by atoms with E-state index in [1.54, 1.807) is 10.9 Å². The zero-order chi connectivity index (χ0) is 24.2. The highest BCUT2D eigenvalue weighted by Gasteiger charge is 2.56. The van der Waals surface area contributed by atoms with Gasteiger partial charge in [0.15, 0.2) is 40.5 Å². The first-order valence-electron chi connectivity index (χ1n) is 11.3. The Hall–Kier alpha value is -3.48. The van der Waals surface area contributed by atoms with E-state index in [4.69, 9.17) is 28.4 Å². The molecule has 0 saturated carbocycles. The fourth-order valence-electron chi connectivity index (χ4n) is 4.62. The lowest BCUT2D eigenvalue weighted by Crippen LogP contribution is -2.33. The second kappa shape index (κ2) is 8.33. The average molecular weight is 483 g/mol. The van der Waals surface area contributed by atoms with Crippen molar-refractivity contribution in [2.24, 2.45) is 0 Å². The van der Waals surface area contributed by atoms with Crippen molar-refractivity contribution in [2.45, 2.75) is 57.6 Å². The van der Waals surface area contributed by atoms with Crippen molar-refractivity contribution in [1.29, 1.82) is 0 Å². The third-order valence-electron chi connectivity index (χ3n) is 6.11. The second-order valence-corrected chi connectivity index (χ2v) is 9.02. The maximum Gasteiger partial charge on any atom is 0.302 e. The minimum Gasteiger partial charge on any atom is -0.463 e. The molecule has 3 aromatic rings. The predicted molar refractivity (Wildman–Crippen MR) is 120 cm³/mol. The Morgan fingerprint density at radius 1 is 1.17 bits per heavy atom. The lowest BCUT2D eigenvalue weighted by molar-refractivity contribution is -0.201. The summed E-state index contributed by atoms with van der Waals surface area (Å²) in [5, 5.41) is 3.32. The van der Waals surface area contributed by atoms with Gasteiger partial charge in [-0.2, -0.15) is 0 Å². The first-order valence-corrected chi connectivity index (χ1v) is 11.3. The molecule has 0 aliphatic carbocycles. The van der Waals surface area contributed by atoms with Crippen molar-refractivity contribution in [3.63, 3.8) is 0 Å². The number of fused-ring (bicyclic) bond motifs is 3. The highest BCUT2D eigenvalue weighted by Crippen LogP contribution is 2.44. The van der Waals surface area contributed by atoms with E-state index in [9.17, 15) is 4.79 Å². The minimum absolute atomic E-state index is 0.0659. The smallest absolute Gasteiger partial charge is 0.302 e. The van der Waals surface area contributed by atoms with Crippen molar-refractivity contribution < 1.29 is 33.2 Å². The highest BCUT2D eigenvalue weighted by molar-refractivity contribution is 5.82. The molecular formula is C23H25N5O7. The van der Waals surface area contributed by atoms with Crippen molar-refractivity contribution in [3.05, 3.63) is 36.4 Å².